The van der Waals surface area contributed by atoms with Crippen molar-refractivity contribution in [3.8, 4) is 0 Å². The van der Waals surface area contributed by atoms with Crippen LogP contribution in [-0.2, 0) is 13.6 Å². The molecule has 0 bridgehead atoms. The Morgan fingerprint density at radius 3 is 2.00 bits per heavy atom. The predicted octanol–water partition coefficient (Wildman–Crippen LogP) is 4.92. The summed E-state index contributed by atoms with van der Waals surface area (Å²) in [6, 6.07) is 0.640. The van der Waals surface area contributed by atoms with E-state index in [2.05, 4.69) is 45.0 Å². The molecule has 1 unspecified atom stereocenters. The first-order chi connectivity index (χ1) is 12.5. The lowest BCUT2D eigenvalue weighted by molar-refractivity contribution is -0.719. The van der Waals surface area contributed by atoms with Crippen LogP contribution in [0, 0.1) is 0 Å². The molecule has 1 aromatic rings. The van der Waals surface area contributed by atoms with Crippen molar-refractivity contribution in [3.05, 3.63) is 18.7 Å². The molecule has 1 heterocycles. The van der Waals surface area contributed by atoms with Crippen molar-refractivity contribution in [1.82, 2.24) is 4.98 Å². The molecule has 0 radical (unpaired) electrons. The van der Waals surface area contributed by atoms with Gasteiger partial charge in [0.2, 0.25) is 6.33 Å². The highest BCUT2D eigenvalue weighted by Gasteiger charge is 2.07. The average molecular weight is 391 g/mol. The van der Waals surface area contributed by atoms with Gasteiger partial charge < -0.3 is 13.9 Å². The Kier molecular flexibility index (Phi) is 16.1. The van der Waals surface area contributed by atoms with E-state index < -0.39 is 7.82 Å². The fraction of sp³-hybridized carbons (Fsp3) is 0.842. The number of hydrogen-bond donors (Lipinski definition) is 1. The van der Waals surface area contributed by atoms with Gasteiger partial charge in [-0.05, 0) is 33.6 Å². The van der Waals surface area contributed by atoms with Crippen molar-refractivity contribution in [3.63, 3.8) is 0 Å². The second-order valence-electron chi connectivity index (χ2n) is 6.45. The van der Waals surface area contributed by atoms with E-state index in [1.807, 2.05) is 6.20 Å². The first-order valence-corrected chi connectivity index (χ1v) is 11.6. The van der Waals surface area contributed by atoms with Crippen LogP contribution in [0.2, 0.25) is 0 Å². The van der Waals surface area contributed by atoms with Crippen LogP contribution >= 0.6 is 7.82 Å². The van der Waals surface area contributed by atoms with E-state index in [1.54, 1.807) is 13.8 Å². The van der Waals surface area contributed by atoms with Crippen LogP contribution in [0.3, 0.4) is 0 Å². The van der Waals surface area contributed by atoms with E-state index in [0.717, 1.165) is 0 Å². The zero-order chi connectivity index (χ0) is 19.7. The smallest absolute Gasteiger partial charge is 0.267 e. The minimum Gasteiger partial charge on any atom is -0.756 e. The summed E-state index contributed by atoms with van der Waals surface area (Å²) in [7, 11) is -3.94. The molecule has 0 saturated heterocycles. The summed E-state index contributed by atoms with van der Waals surface area (Å²) in [6.07, 6.45) is 18.7. The minimum atomic E-state index is -3.94. The van der Waals surface area contributed by atoms with E-state index in [0.29, 0.717) is 6.04 Å². The molecule has 0 aliphatic rings. The number of imidazole rings is 1. The topological polar surface area (TPSA) is 78.3 Å². The number of hydrogen-bond acceptors (Lipinski definition) is 4. The Labute approximate surface area is 159 Å². The molecule has 26 heavy (non-hydrogen) atoms. The Balaban J connectivity index is 0.000000590. The third-order valence-corrected chi connectivity index (χ3v) is 5.27. The van der Waals surface area contributed by atoms with Crippen molar-refractivity contribution >= 4 is 7.82 Å². The van der Waals surface area contributed by atoms with E-state index >= 15 is 0 Å². The summed E-state index contributed by atoms with van der Waals surface area (Å²) >= 11 is 0. The first kappa shape index (κ1) is 25.3. The molecule has 0 aliphatic heterocycles. The quantitative estimate of drug-likeness (QED) is 0.278. The van der Waals surface area contributed by atoms with Crippen molar-refractivity contribution in [1.29, 1.82) is 0 Å². The van der Waals surface area contributed by atoms with Crippen molar-refractivity contribution in [2.24, 2.45) is 0 Å². The van der Waals surface area contributed by atoms with Crippen LogP contribution in [0.1, 0.15) is 91.5 Å². The molecule has 0 aromatic carbocycles. The number of H-pyrrole nitrogens is 1. The number of unbranched alkanes of at least 4 members (excludes halogenated alkanes) is 7. The van der Waals surface area contributed by atoms with Gasteiger partial charge in [-0.1, -0.05) is 51.9 Å². The molecule has 154 valence electrons. The monoisotopic (exact) mass is 390 g/mol. The Bertz CT molecular complexity index is 444. The molecule has 0 spiro atoms. The maximum atomic E-state index is 10.4. The molecule has 0 aliphatic carbocycles. The van der Waals surface area contributed by atoms with Gasteiger partial charge in [-0.25, -0.2) is 4.57 Å². The van der Waals surface area contributed by atoms with E-state index in [9.17, 15) is 9.46 Å². The van der Waals surface area contributed by atoms with Gasteiger partial charge >= 0.3 is 0 Å². The minimum absolute atomic E-state index is 0.126. The molecule has 1 atom stereocenters. The van der Waals surface area contributed by atoms with Crippen LogP contribution in [0.25, 0.3) is 0 Å². The SMILES string of the molecule is CCCCCCCCCCC(C)[n+]1cc[nH]c1.CCOP(=O)([O-])OCC. The predicted molar refractivity (Wildman–Crippen MR) is 104 cm³/mol. The third kappa shape index (κ3) is 14.5. The number of nitrogens with zero attached hydrogens (tertiary/aromatic N) is 1. The first-order valence-electron chi connectivity index (χ1n) is 10.1. The highest BCUT2D eigenvalue weighted by Crippen LogP contribution is 2.37. The molecule has 6 nitrogen and oxygen atoms in total. The molecule has 0 amide bonds. The molecule has 1 rings (SSSR count). The summed E-state index contributed by atoms with van der Waals surface area (Å²) in [5, 5.41) is 0. The van der Waals surface area contributed by atoms with Gasteiger partial charge in [-0.2, -0.15) is 0 Å². The van der Waals surface area contributed by atoms with Crippen molar-refractivity contribution in [2.45, 2.75) is 91.5 Å². The Morgan fingerprint density at radius 1 is 1.00 bits per heavy atom. The molecule has 0 fully saturated rings. The molecule has 0 saturated carbocycles. The molecule has 1 N–H and O–H groups in total. The molecular weight excluding hydrogens is 351 g/mol. The summed E-state index contributed by atoms with van der Waals surface area (Å²) in [4.78, 5) is 13.5. The van der Waals surface area contributed by atoms with Crippen molar-refractivity contribution in [2.75, 3.05) is 13.2 Å². The Hall–Kier alpha value is -0.680. The summed E-state index contributed by atoms with van der Waals surface area (Å²) in [5.41, 5.74) is 0. The van der Waals surface area contributed by atoms with Gasteiger partial charge in [0.1, 0.15) is 12.4 Å². The second kappa shape index (κ2) is 16.5. The number of aromatic amines is 1. The van der Waals surface area contributed by atoms with Gasteiger partial charge in [0.25, 0.3) is 7.82 Å². The number of phosphoric acid groups is 1. The number of aromatic nitrogens is 2. The van der Waals surface area contributed by atoms with Gasteiger partial charge in [0.05, 0.1) is 19.3 Å². The fourth-order valence-electron chi connectivity index (χ4n) is 2.65. The van der Waals surface area contributed by atoms with Crippen LogP contribution in [0.4, 0.5) is 0 Å². The largest absolute Gasteiger partial charge is 0.756 e. The Morgan fingerprint density at radius 2 is 1.54 bits per heavy atom. The molecule has 7 heteroatoms. The zero-order valence-corrected chi connectivity index (χ0v) is 18.0. The third-order valence-electron chi connectivity index (χ3n) is 4.13. The van der Waals surface area contributed by atoms with Gasteiger partial charge in [-0.3, -0.25) is 9.55 Å². The lowest BCUT2D eigenvalue weighted by Gasteiger charge is -2.20. The van der Waals surface area contributed by atoms with Crippen LogP contribution in [0.15, 0.2) is 18.7 Å². The molecular formula is C19H39N2O4P. The van der Waals surface area contributed by atoms with Gasteiger partial charge in [0.15, 0.2) is 0 Å². The maximum Gasteiger partial charge on any atom is 0.267 e. The van der Waals surface area contributed by atoms with E-state index in [-0.39, 0.29) is 13.2 Å². The second-order valence-corrected chi connectivity index (χ2v) is 7.86. The normalized spacial score (nSPS) is 12.5. The van der Waals surface area contributed by atoms with Crippen LogP contribution in [-0.4, -0.2) is 18.2 Å². The van der Waals surface area contributed by atoms with Crippen LogP contribution < -0.4 is 9.46 Å². The van der Waals surface area contributed by atoms with E-state index in [4.69, 9.17) is 0 Å². The van der Waals surface area contributed by atoms with E-state index in [1.165, 1.54) is 57.8 Å². The zero-order valence-electron chi connectivity index (χ0n) is 17.1. The number of phosphoric ester groups is 1. The van der Waals surface area contributed by atoms with Gasteiger partial charge in [-0.15, -0.1) is 0 Å². The number of rotatable bonds is 14. The number of nitrogens with one attached hydrogen (secondary N) is 1. The lowest BCUT2D eigenvalue weighted by Crippen LogP contribution is -2.34. The summed E-state index contributed by atoms with van der Waals surface area (Å²) < 4.78 is 21.2. The average Bonchev–Trinajstić information content (AvgIpc) is 3.12. The maximum absolute atomic E-state index is 10.4. The molecule has 1 aromatic heterocycles. The summed E-state index contributed by atoms with van der Waals surface area (Å²) in [6.45, 7) is 8.00. The summed E-state index contributed by atoms with van der Waals surface area (Å²) in [5.74, 6) is 0. The van der Waals surface area contributed by atoms with Crippen LogP contribution in [0.5, 0.6) is 0 Å². The highest BCUT2D eigenvalue weighted by atomic mass is 31.2. The van der Waals surface area contributed by atoms with Gasteiger partial charge in [0, 0.05) is 0 Å². The highest BCUT2D eigenvalue weighted by molar-refractivity contribution is 7.45. The van der Waals surface area contributed by atoms with Crippen molar-refractivity contribution < 1.29 is 23.1 Å². The fourth-order valence-corrected chi connectivity index (χ4v) is 3.36. The standard InChI is InChI=1S/C15H28N2.C4H11O4P/c1-3-4-5-6-7-8-9-10-11-15(2)17-13-12-16-14-17;1-3-7-9(5,6)8-4-2/h12-15H,3-11H2,1-2H3;3-4H2,1-2H3,(H,5,6). The lowest BCUT2D eigenvalue weighted by atomic mass is 10.1.